The molecule has 29 heavy (non-hydrogen) atoms. The summed E-state index contributed by atoms with van der Waals surface area (Å²) in [5, 5.41) is 9.30. The van der Waals surface area contributed by atoms with Gasteiger partial charge in [-0.1, -0.05) is 60.7 Å². The maximum atomic E-state index is 13.4. The number of carbonyl (C=O) groups is 2. The Morgan fingerprint density at radius 1 is 1.07 bits per heavy atom. The van der Waals surface area contributed by atoms with Crippen molar-refractivity contribution in [2.75, 3.05) is 6.16 Å². The first-order valence-corrected chi connectivity index (χ1v) is 10.9. The van der Waals surface area contributed by atoms with E-state index < -0.39 is 31.1 Å². The summed E-state index contributed by atoms with van der Waals surface area (Å²) in [7, 11) is -3.72. The lowest BCUT2D eigenvalue weighted by atomic mass is 9.97. The molecule has 1 N–H and O–H groups in total. The third kappa shape index (κ3) is 5.54. The number of carbonyl (C=O) groups excluding carboxylic acids is 1. The second-order valence-electron chi connectivity index (χ2n) is 7.17. The number of ether oxygens (including phenoxy) is 1. The molecule has 1 aliphatic heterocycles. The monoisotopic (exact) mass is 418 g/mol. The summed E-state index contributed by atoms with van der Waals surface area (Å²) < 4.78 is 29.8. The van der Waals surface area contributed by atoms with Crippen LogP contribution in [0.1, 0.15) is 24.5 Å². The number of carboxylic acids is 1. The van der Waals surface area contributed by atoms with Gasteiger partial charge in [-0.3, -0.25) is 9.36 Å². The van der Waals surface area contributed by atoms with E-state index in [-0.39, 0.29) is 25.8 Å². The van der Waals surface area contributed by atoms with E-state index in [1.165, 1.54) is 6.92 Å². The summed E-state index contributed by atoms with van der Waals surface area (Å²) in [6.45, 7) is 1.42. The Kier molecular flexibility index (Phi) is 6.52. The van der Waals surface area contributed by atoms with Crippen LogP contribution >= 0.6 is 7.60 Å². The lowest BCUT2D eigenvalue weighted by Crippen LogP contribution is -2.34. The van der Waals surface area contributed by atoms with E-state index in [9.17, 15) is 19.3 Å². The van der Waals surface area contributed by atoms with Crippen molar-refractivity contribution in [1.82, 2.24) is 0 Å². The minimum Gasteiger partial charge on any atom is -0.478 e. The van der Waals surface area contributed by atoms with Gasteiger partial charge in [0, 0.05) is 6.42 Å². The fraction of sp³-hybridized carbons (Fsp3) is 0.333. The van der Waals surface area contributed by atoms with Gasteiger partial charge in [0.2, 0.25) is 5.60 Å². The smallest absolute Gasteiger partial charge is 0.347 e. The van der Waals surface area contributed by atoms with Crippen LogP contribution in [-0.2, 0) is 41.2 Å². The molecule has 2 aromatic carbocycles. The van der Waals surface area contributed by atoms with Gasteiger partial charge in [0.25, 0.3) is 0 Å². The Labute approximate surface area is 169 Å². The lowest BCUT2D eigenvalue weighted by molar-refractivity contribution is -0.167. The molecule has 0 radical (unpaired) electrons. The number of esters is 1. The number of benzene rings is 2. The molecule has 8 heteroatoms. The van der Waals surface area contributed by atoms with Crippen molar-refractivity contribution >= 4 is 19.5 Å². The minimum atomic E-state index is -3.72. The molecule has 2 aromatic rings. The van der Waals surface area contributed by atoms with Crippen molar-refractivity contribution < 1.29 is 33.0 Å². The summed E-state index contributed by atoms with van der Waals surface area (Å²) in [6, 6.07) is 18.4. The molecule has 1 fully saturated rings. The molecule has 154 valence electrons. The molecule has 0 spiro atoms. The maximum Gasteiger partial charge on any atom is 0.347 e. The van der Waals surface area contributed by atoms with Crippen molar-refractivity contribution in [3.8, 4) is 0 Å². The maximum absolute atomic E-state index is 13.4. The summed E-state index contributed by atoms with van der Waals surface area (Å²) in [5.74, 6) is -2.83. The predicted molar refractivity (Wildman–Crippen MR) is 105 cm³/mol. The second kappa shape index (κ2) is 8.91. The summed E-state index contributed by atoms with van der Waals surface area (Å²) in [4.78, 5) is 23.6. The average molecular weight is 418 g/mol. The highest BCUT2D eigenvalue weighted by Gasteiger charge is 2.51. The number of hydrogen-bond acceptors (Lipinski definition) is 6. The van der Waals surface area contributed by atoms with Crippen molar-refractivity contribution in [2.45, 2.75) is 32.2 Å². The standard InChI is InChI=1S/C21H23O7P/c1-21(20(23)24)12-18(19(22)28-21)15-29(25,26-13-16-8-4-2-5-9-16)27-14-17-10-6-3-7-11-17/h2-11,18H,12-15H2,1H3,(H,23,24)/t18-,21-/m0/s1. The molecule has 0 amide bonds. The van der Waals surface area contributed by atoms with Gasteiger partial charge < -0.3 is 18.9 Å². The molecule has 0 saturated carbocycles. The Morgan fingerprint density at radius 2 is 1.55 bits per heavy atom. The van der Waals surface area contributed by atoms with Crippen molar-refractivity contribution in [2.24, 2.45) is 5.92 Å². The molecular formula is C21H23O7P. The summed E-state index contributed by atoms with van der Waals surface area (Å²) in [5.41, 5.74) is -0.0216. The van der Waals surface area contributed by atoms with Crippen molar-refractivity contribution in [3.05, 3.63) is 71.8 Å². The van der Waals surface area contributed by atoms with Crippen LogP contribution in [0.4, 0.5) is 0 Å². The van der Waals surface area contributed by atoms with Gasteiger partial charge in [0.15, 0.2) is 0 Å². The molecule has 2 atom stereocenters. The molecule has 0 aromatic heterocycles. The highest BCUT2D eigenvalue weighted by Crippen LogP contribution is 2.53. The van der Waals surface area contributed by atoms with E-state index in [0.717, 1.165) is 11.1 Å². The normalized spacial score (nSPS) is 21.7. The zero-order valence-electron chi connectivity index (χ0n) is 16.0. The van der Waals surface area contributed by atoms with Gasteiger partial charge in [-0.25, -0.2) is 4.79 Å². The predicted octanol–water partition coefficient (Wildman–Crippen LogP) is 4.02. The van der Waals surface area contributed by atoms with Gasteiger partial charge in [-0.05, 0) is 18.1 Å². The van der Waals surface area contributed by atoms with E-state index in [2.05, 4.69) is 0 Å². The first kappa shape index (κ1) is 21.2. The van der Waals surface area contributed by atoms with Gasteiger partial charge in [-0.15, -0.1) is 0 Å². The van der Waals surface area contributed by atoms with Gasteiger partial charge >= 0.3 is 19.5 Å². The summed E-state index contributed by atoms with van der Waals surface area (Å²) in [6.07, 6.45) is -0.330. The van der Waals surface area contributed by atoms with Crippen LogP contribution in [0, 0.1) is 5.92 Å². The van der Waals surface area contributed by atoms with Gasteiger partial charge in [0.1, 0.15) is 0 Å². The van der Waals surface area contributed by atoms with E-state index >= 15 is 0 Å². The second-order valence-corrected chi connectivity index (χ2v) is 9.27. The molecule has 0 bridgehead atoms. The van der Waals surface area contributed by atoms with Crippen LogP contribution in [0.3, 0.4) is 0 Å². The molecule has 1 saturated heterocycles. The molecule has 1 aliphatic rings. The lowest BCUT2D eigenvalue weighted by Gasteiger charge is -2.21. The van der Waals surface area contributed by atoms with Crippen LogP contribution < -0.4 is 0 Å². The highest BCUT2D eigenvalue weighted by atomic mass is 31.2. The van der Waals surface area contributed by atoms with Crippen molar-refractivity contribution in [1.29, 1.82) is 0 Å². The summed E-state index contributed by atoms with van der Waals surface area (Å²) >= 11 is 0. The Bertz CT molecular complexity index is 852. The molecule has 1 heterocycles. The zero-order valence-corrected chi connectivity index (χ0v) is 16.9. The number of cyclic esters (lactones) is 1. The average Bonchev–Trinajstić information content (AvgIpc) is 3.01. The number of aliphatic carboxylic acids is 1. The zero-order chi connectivity index (χ0) is 20.9. The number of hydrogen-bond donors (Lipinski definition) is 1. The molecule has 3 rings (SSSR count). The van der Waals surface area contributed by atoms with Gasteiger partial charge in [-0.2, -0.15) is 0 Å². The Balaban J connectivity index is 1.73. The van der Waals surface area contributed by atoms with E-state index in [4.69, 9.17) is 13.8 Å². The first-order valence-electron chi connectivity index (χ1n) is 9.22. The number of rotatable bonds is 9. The van der Waals surface area contributed by atoms with Crippen LogP contribution in [0.15, 0.2) is 60.7 Å². The first-order chi connectivity index (χ1) is 13.8. The largest absolute Gasteiger partial charge is 0.478 e. The van der Waals surface area contributed by atoms with Crippen molar-refractivity contribution in [3.63, 3.8) is 0 Å². The van der Waals surface area contributed by atoms with Crippen LogP contribution in [0.5, 0.6) is 0 Å². The topological polar surface area (TPSA) is 99.1 Å². The third-order valence-corrected chi connectivity index (χ3v) is 6.67. The van der Waals surface area contributed by atoms with E-state index in [0.29, 0.717) is 0 Å². The molecule has 0 unspecified atom stereocenters. The number of carboxylic acid groups (broad SMARTS) is 1. The fourth-order valence-corrected chi connectivity index (χ4v) is 4.87. The SMILES string of the molecule is C[C@@]1(C(=O)O)C[C@@H](CP(=O)(OCc2ccccc2)OCc2ccccc2)C(=O)O1. The quantitative estimate of drug-likeness (QED) is 0.485. The Morgan fingerprint density at radius 3 is 1.97 bits per heavy atom. The molecule has 7 nitrogen and oxygen atoms in total. The van der Waals surface area contributed by atoms with Crippen LogP contribution in [-0.4, -0.2) is 28.8 Å². The highest BCUT2D eigenvalue weighted by molar-refractivity contribution is 7.53. The van der Waals surface area contributed by atoms with E-state index in [1.807, 2.05) is 60.7 Å². The third-order valence-electron chi connectivity index (χ3n) is 4.73. The van der Waals surface area contributed by atoms with E-state index in [1.54, 1.807) is 0 Å². The van der Waals surface area contributed by atoms with Crippen LogP contribution in [0.25, 0.3) is 0 Å². The Hall–Kier alpha value is -2.47. The fourth-order valence-electron chi connectivity index (χ4n) is 3.08. The van der Waals surface area contributed by atoms with Crippen LogP contribution in [0.2, 0.25) is 0 Å². The molecule has 0 aliphatic carbocycles. The molecular weight excluding hydrogens is 395 g/mol. The van der Waals surface area contributed by atoms with Gasteiger partial charge in [0.05, 0.1) is 25.3 Å². The minimum absolute atomic E-state index is 0.0465.